The van der Waals surface area contributed by atoms with Gasteiger partial charge < -0.3 is 19.7 Å². The molecule has 1 N–H and O–H groups in total. The normalized spacial score (nSPS) is 14.1. The zero-order valence-corrected chi connectivity index (χ0v) is 24.9. The molecule has 0 aliphatic carbocycles. The van der Waals surface area contributed by atoms with Gasteiger partial charge in [-0.2, -0.15) is 13.2 Å². The van der Waals surface area contributed by atoms with Gasteiger partial charge in [-0.3, -0.25) is 9.59 Å². The van der Waals surface area contributed by atoms with E-state index in [1.54, 1.807) is 24.3 Å². The van der Waals surface area contributed by atoms with Crippen molar-refractivity contribution >= 4 is 52.3 Å². The van der Waals surface area contributed by atoms with Crippen LogP contribution in [-0.2, 0) is 19.1 Å². The summed E-state index contributed by atoms with van der Waals surface area (Å²) in [6.07, 6.45) is -5.25. The largest absolute Gasteiger partial charge is 0.491 e. The predicted octanol–water partition coefficient (Wildman–Crippen LogP) is 6.68. The molecule has 0 saturated carbocycles. The van der Waals surface area contributed by atoms with Crippen molar-refractivity contribution in [3.8, 4) is 21.0 Å². The number of rotatable bonds is 8. The van der Waals surface area contributed by atoms with E-state index in [9.17, 15) is 27.6 Å². The minimum atomic E-state index is -5.25. The molecule has 8 nitrogen and oxygen atoms in total. The maximum atomic E-state index is 13.5. The van der Waals surface area contributed by atoms with Crippen LogP contribution in [0.15, 0.2) is 83.8 Å². The average molecular weight is 642 g/mol. The Hall–Kier alpha value is -4.20. The number of nitrogens with zero attached hydrogens (tertiary/aromatic N) is 2. The summed E-state index contributed by atoms with van der Waals surface area (Å²) in [4.78, 5) is 44.5. The smallest absolute Gasteiger partial charge is 0.386 e. The van der Waals surface area contributed by atoms with Crippen LogP contribution < -0.4 is 10.2 Å². The first-order valence-electron chi connectivity index (χ1n) is 13.5. The second-order valence-corrected chi connectivity index (χ2v) is 12.1. The quantitative estimate of drug-likeness (QED) is 0.129. The van der Waals surface area contributed by atoms with Crippen molar-refractivity contribution in [3.05, 3.63) is 84.6 Å². The van der Waals surface area contributed by atoms with E-state index in [1.807, 2.05) is 54.6 Å². The molecule has 0 spiro atoms. The zero-order chi connectivity index (χ0) is 31.3. The maximum absolute atomic E-state index is 13.5. The SMILES string of the molecule is CC(Sc1ccc(-c2nc(C(=O)Nc3ccc(N4CCOCC4)cc3)c(-c3ccccc3)s2)cc1)C(=O)OC(=O)C(F)(F)F. The summed E-state index contributed by atoms with van der Waals surface area (Å²) in [6.45, 7) is 4.31. The molecule has 3 aromatic carbocycles. The van der Waals surface area contributed by atoms with E-state index in [2.05, 4.69) is 19.9 Å². The third-order valence-electron chi connectivity index (χ3n) is 6.55. The van der Waals surface area contributed by atoms with Crippen LogP contribution in [0.4, 0.5) is 24.5 Å². The summed E-state index contributed by atoms with van der Waals surface area (Å²) in [5.74, 6) is -4.20. The molecule has 0 radical (unpaired) electrons. The molecule has 1 amide bonds. The number of aromatic nitrogens is 1. The van der Waals surface area contributed by atoms with Crippen LogP contribution >= 0.6 is 23.1 Å². The molecule has 228 valence electrons. The second kappa shape index (κ2) is 13.6. The minimum Gasteiger partial charge on any atom is -0.386 e. The number of thioether (sulfide) groups is 1. The van der Waals surface area contributed by atoms with Crippen LogP contribution in [0.5, 0.6) is 0 Å². The van der Waals surface area contributed by atoms with E-state index in [1.165, 1.54) is 18.3 Å². The summed E-state index contributed by atoms with van der Waals surface area (Å²) in [5, 5.41) is 2.47. The van der Waals surface area contributed by atoms with Crippen molar-refractivity contribution in [1.29, 1.82) is 0 Å². The lowest BCUT2D eigenvalue weighted by Gasteiger charge is -2.28. The Morgan fingerprint density at radius 3 is 2.25 bits per heavy atom. The minimum absolute atomic E-state index is 0.262. The van der Waals surface area contributed by atoms with E-state index in [0.29, 0.717) is 39.2 Å². The van der Waals surface area contributed by atoms with Crippen molar-refractivity contribution in [2.24, 2.45) is 0 Å². The molecule has 44 heavy (non-hydrogen) atoms. The van der Waals surface area contributed by atoms with Gasteiger partial charge in [0.1, 0.15) is 16.0 Å². The first-order chi connectivity index (χ1) is 21.1. The number of alkyl halides is 3. The first-order valence-corrected chi connectivity index (χ1v) is 15.2. The lowest BCUT2D eigenvalue weighted by Crippen LogP contribution is -2.36. The number of nitrogens with one attached hydrogen (secondary N) is 1. The van der Waals surface area contributed by atoms with Crippen LogP contribution in [-0.4, -0.2) is 60.6 Å². The fraction of sp³-hybridized carbons (Fsp3) is 0.226. The van der Waals surface area contributed by atoms with Crippen molar-refractivity contribution in [2.75, 3.05) is 36.5 Å². The molecule has 1 aromatic heterocycles. The Kier molecular flexibility index (Phi) is 9.67. The lowest BCUT2D eigenvalue weighted by atomic mass is 10.1. The van der Waals surface area contributed by atoms with Gasteiger partial charge in [0.05, 0.1) is 18.1 Å². The Bertz CT molecular complexity index is 1620. The van der Waals surface area contributed by atoms with Gasteiger partial charge in [0.25, 0.3) is 5.91 Å². The summed E-state index contributed by atoms with van der Waals surface area (Å²) in [7, 11) is 0. The number of hydrogen-bond acceptors (Lipinski definition) is 9. The highest BCUT2D eigenvalue weighted by Crippen LogP contribution is 2.37. The van der Waals surface area contributed by atoms with Crippen LogP contribution in [0.3, 0.4) is 0 Å². The molecule has 1 fully saturated rings. The number of benzene rings is 3. The number of anilines is 2. The Morgan fingerprint density at radius 2 is 1.61 bits per heavy atom. The number of morpholine rings is 1. The topological polar surface area (TPSA) is 97.8 Å². The second-order valence-electron chi connectivity index (χ2n) is 9.65. The summed E-state index contributed by atoms with van der Waals surface area (Å²) in [6, 6.07) is 23.9. The molecule has 1 aliphatic heterocycles. The molecular formula is C31H26F3N3O5S2. The Labute approximate surface area is 259 Å². The van der Waals surface area contributed by atoms with Gasteiger partial charge in [0, 0.05) is 34.9 Å². The molecule has 1 saturated heterocycles. The van der Waals surface area contributed by atoms with Crippen molar-refractivity contribution in [2.45, 2.75) is 23.2 Å². The zero-order valence-electron chi connectivity index (χ0n) is 23.3. The van der Waals surface area contributed by atoms with E-state index in [0.717, 1.165) is 36.1 Å². The third kappa shape index (κ3) is 7.65. The molecule has 1 unspecified atom stereocenters. The molecule has 1 atom stereocenters. The van der Waals surface area contributed by atoms with Gasteiger partial charge in [-0.15, -0.1) is 23.1 Å². The predicted molar refractivity (Wildman–Crippen MR) is 163 cm³/mol. The summed E-state index contributed by atoms with van der Waals surface area (Å²) in [5.41, 5.74) is 3.48. The molecule has 5 rings (SSSR count). The van der Waals surface area contributed by atoms with Gasteiger partial charge in [-0.25, -0.2) is 9.78 Å². The van der Waals surface area contributed by atoms with Crippen molar-refractivity contribution in [3.63, 3.8) is 0 Å². The third-order valence-corrected chi connectivity index (χ3v) is 8.79. The maximum Gasteiger partial charge on any atom is 0.491 e. The molecule has 4 aromatic rings. The number of amides is 1. The average Bonchev–Trinajstić information content (AvgIpc) is 3.48. The van der Waals surface area contributed by atoms with Gasteiger partial charge in [0.15, 0.2) is 0 Å². The molecule has 1 aliphatic rings. The summed E-state index contributed by atoms with van der Waals surface area (Å²) >= 11 is 2.29. The van der Waals surface area contributed by atoms with E-state index in [-0.39, 0.29) is 11.6 Å². The molecule has 2 heterocycles. The fourth-order valence-corrected chi connectivity index (χ4v) is 6.23. The number of esters is 2. The van der Waals surface area contributed by atoms with Gasteiger partial charge in [0.2, 0.25) is 0 Å². The summed E-state index contributed by atoms with van der Waals surface area (Å²) < 4.78 is 46.6. The molecule has 13 heteroatoms. The Balaban J connectivity index is 1.32. The van der Waals surface area contributed by atoms with E-state index >= 15 is 0 Å². The highest BCUT2D eigenvalue weighted by atomic mass is 32.2. The monoisotopic (exact) mass is 641 g/mol. The molecule has 0 bridgehead atoms. The standard InChI is InChI=1S/C31H26F3N3O5S2/c1-19(29(39)42-30(40)31(32,33)34)43-24-13-7-21(8-14-24)28-36-25(26(44-28)20-5-3-2-4-6-20)27(38)35-22-9-11-23(12-10-22)37-15-17-41-18-16-37/h2-14,19H,15-18H2,1H3,(H,35,38). The van der Waals surface area contributed by atoms with Crippen LogP contribution in [0.2, 0.25) is 0 Å². The number of carbonyl (C=O) groups excluding carboxylic acids is 3. The fourth-order valence-electron chi connectivity index (χ4n) is 4.31. The Morgan fingerprint density at radius 1 is 0.955 bits per heavy atom. The number of ether oxygens (including phenoxy) is 2. The van der Waals surface area contributed by atoms with Gasteiger partial charge >= 0.3 is 18.1 Å². The first kappa shape index (κ1) is 31.2. The van der Waals surface area contributed by atoms with Crippen LogP contribution in [0, 0.1) is 0 Å². The van der Waals surface area contributed by atoms with E-state index in [4.69, 9.17) is 4.74 Å². The van der Waals surface area contributed by atoms with Gasteiger partial charge in [-0.05, 0) is 48.9 Å². The highest BCUT2D eigenvalue weighted by Gasteiger charge is 2.43. The number of halogens is 3. The highest BCUT2D eigenvalue weighted by molar-refractivity contribution is 8.00. The van der Waals surface area contributed by atoms with E-state index < -0.39 is 23.4 Å². The lowest BCUT2D eigenvalue weighted by molar-refractivity contribution is -0.201. The number of thiazole rings is 1. The number of carbonyl (C=O) groups is 3. The van der Waals surface area contributed by atoms with Crippen molar-refractivity contribution < 1.29 is 37.0 Å². The van der Waals surface area contributed by atoms with Gasteiger partial charge in [-0.1, -0.05) is 42.5 Å². The molecular weight excluding hydrogens is 615 g/mol. The van der Waals surface area contributed by atoms with Crippen LogP contribution in [0.25, 0.3) is 21.0 Å². The van der Waals surface area contributed by atoms with Crippen LogP contribution in [0.1, 0.15) is 17.4 Å². The van der Waals surface area contributed by atoms with Crippen molar-refractivity contribution in [1.82, 2.24) is 4.98 Å². The number of hydrogen-bond donors (Lipinski definition) is 1.